The first-order chi connectivity index (χ1) is 15.0. The van der Waals surface area contributed by atoms with E-state index in [2.05, 4.69) is 5.32 Å². The minimum atomic E-state index is -0.927. The molecular weight excluding hydrogens is 402 g/mol. The van der Waals surface area contributed by atoms with Gasteiger partial charge in [0.25, 0.3) is 5.91 Å². The van der Waals surface area contributed by atoms with Crippen molar-refractivity contribution in [2.45, 2.75) is 43.2 Å². The van der Waals surface area contributed by atoms with Crippen LogP contribution in [0.15, 0.2) is 42.5 Å². The minimum absolute atomic E-state index is 0.0765. The Labute approximate surface area is 179 Å². The predicted octanol–water partition coefficient (Wildman–Crippen LogP) is 3.24. The van der Waals surface area contributed by atoms with E-state index in [4.69, 9.17) is 4.74 Å². The first kappa shape index (κ1) is 20.1. The second kappa shape index (κ2) is 7.71. The Bertz CT molecular complexity index is 1040. The number of benzene rings is 2. The van der Waals surface area contributed by atoms with E-state index >= 15 is 0 Å². The zero-order valence-corrected chi connectivity index (χ0v) is 17.1. The summed E-state index contributed by atoms with van der Waals surface area (Å²) in [4.78, 5) is 27.5. The Kier molecular flexibility index (Phi) is 5.01. The van der Waals surface area contributed by atoms with Crippen molar-refractivity contribution in [3.63, 3.8) is 0 Å². The van der Waals surface area contributed by atoms with Crippen molar-refractivity contribution in [2.75, 3.05) is 19.7 Å². The van der Waals surface area contributed by atoms with Crippen molar-refractivity contribution < 1.29 is 23.1 Å². The number of rotatable bonds is 2. The van der Waals surface area contributed by atoms with Gasteiger partial charge in [-0.3, -0.25) is 9.59 Å². The molecule has 3 atom stereocenters. The highest BCUT2D eigenvalue weighted by Crippen LogP contribution is 2.43. The van der Waals surface area contributed by atoms with Crippen LogP contribution in [0.3, 0.4) is 0 Å². The predicted molar refractivity (Wildman–Crippen MR) is 109 cm³/mol. The SMILES string of the molecule is O=C1CCC[C@]2(CN(C(=O)C3OCCc4ccccc43)C[C@H]2c2ccc(F)c(F)c2)N1. The molecule has 0 radical (unpaired) electrons. The molecule has 2 aromatic carbocycles. The van der Waals surface area contributed by atoms with Crippen molar-refractivity contribution in [1.82, 2.24) is 10.2 Å². The molecule has 0 aromatic heterocycles. The van der Waals surface area contributed by atoms with E-state index in [-0.39, 0.29) is 17.7 Å². The Morgan fingerprint density at radius 1 is 1.13 bits per heavy atom. The van der Waals surface area contributed by atoms with Gasteiger partial charge in [0.05, 0.1) is 12.1 Å². The van der Waals surface area contributed by atoms with Gasteiger partial charge in [-0.25, -0.2) is 8.78 Å². The minimum Gasteiger partial charge on any atom is -0.363 e. The van der Waals surface area contributed by atoms with Crippen molar-refractivity contribution in [3.05, 3.63) is 70.8 Å². The zero-order chi connectivity index (χ0) is 21.6. The number of halogens is 2. The lowest BCUT2D eigenvalue weighted by atomic mass is 9.76. The molecule has 1 spiro atoms. The van der Waals surface area contributed by atoms with Gasteiger partial charge in [0.2, 0.25) is 5.91 Å². The first-order valence-corrected chi connectivity index (χ1v) is 10.7. The van der Waals surface area contributed by atoms with Gasteiger partial charge in [-0.15, -0.1) is 0 Å². The summed E-state index contributed by atoms with van der Waals surface area (Å²) in [5.74, 6) is -2.40. The lowest BCUT2D eigenvalue weighted by Crippen LogP contribution is -2.56. The van der Waals surface area contributed by atoms with Crippen LogP contribution in [0, 0.1) is 11.6 Å². The molecule has 2 fully saturated rings. The number of amides is 2. The van der Waals surface area contributed by atoms with Crippen LogP contribution in [-0.2, 0) is 20.7 Å². The smallest absolute Gasteiger partial charge is 0.256 e. The second-order valence-corrected chi connectivity index (χ2v) is 8.70. The van der Waals surface area contributed by atoms with Gasteiger partial charge in [-0.1, -0.05) is 30.3 Å². The van der Waals surface area contributed by atoms with Crippen LogP contribution in [0.4, 0.5) is 8.78 Å². The summed E-state index contributed by atoms with van der Waals surface area (Å²) in [6.45, 7) is 1.10. The van der Waals surface area contributed by atoms with Crippen LogP contribution >= 0.6 is 0 Å². The van der Waals surface area contributed by atoms with Gasteiger partial charge in [0.1, 0.15) is 0 Å². The summed E-state index contributed by atoms with van der Waals surface area (Å²) >= 11 is 0. The summed E-state index contributed by atoms with van der Waals surface area (Å²) in [5.41, 5.74) is 1.87. The van der Waals surface area contributed by atoms with Crippen LogP contribution in [0.2, 0.25) is 0 Å². The van der Waals surface area contributed by atoms with Gasteiger partial charge >= 0.3 is 0 Å². The molecule has 31 heavy (non-hydrogen) atoms. The fourth-order valence-electron chi connectivity index (χ4n) is 5.34. The van der Waals surface area contributed by atoms with Gasteiger partial charge in [-0.05, 0) is 48.1 Å². The molecule has 7 heteroatoms. The van der Waals surface area contributed by atoms with E-state index in [0.717, 1.165) is 23.6 Å². The molecule has 2 aromatic rings. The number of carbonyl (C=O) groups is 2. The number of likely N-dealkylation sites (tertiary alicyclic amines) is 1. The quantitative estimate of drug-likeness (QED) is 0.802. The summed E-state index contributed by atoms with van der Waals surface area (Å²) in [6.07, 6.45) is 1.87. The van der Waals surface area contributed by atoms with Crippen LogP contribution in [-0.4, -0.2) is 41.9 Å². The number of piperidine rings is 1. The molecule has 3 heterocycles. The topological polar surface area (TPSA) is 58.6 Å². The zero-order valence-electron chi connectivity index (χ0n) is 17.1. The van der Waals surface area contributed by atoms with E-state index in [9.17, 15) is 18.4 Å². The number of hydrogen-bond acceptors (Lipinski definition) is 3. The molecule has 3 aliphatic rings. The Morgan fingerprint density at radius 2 is 1.97 bits per heavy atom. The van der Waals surface area contributed by atoms with E-state index in [1.807, 2.05) is 24.3 Å². The van der Waals surface area contributed by atoms with Crippen LogP contribution in [0.25, 0.3) is 0 Å². The fraction of sp³-hybridized carbons (Fsp3) is 0.417. The van der Waals surface area contributed by atoms with Crippen molar-refractivity contribution >= 4 is 11.8 Å². The molecule has 0 saturated carbocycles. The summed E-state index contributed by atoms with van der Waals surface area (Å²) in [6, 6.07) is 11.6. The molecular formula is C24H24F2N2O3. The lowest BCUT2D eigenvalue weighted by molar-refractivity contribution is -0.144. The average molecular weight is 426 g/mol. The number of carbonyl (C=O) groups excluding carboxylic acids is 2. The largest absolute Gasteiger partial charge is 0.363 e. The van der Waals surface area contributed by atoms with E-state index in [1.165, 1.54) is 6.07 Å². The third-order valence-electron chi connectivity index (χ3n) is 6.83. The number of nitrogens with zero attached hydrogens (tertiary/aromatic N) is 1. The summed E-state index contributed by atoms with van der Waals surface area (Å²) in [5, 5.41) is 3.09. The third kappa shape index (κ3) is 3.51. The number of ether oxygens (including phenoxy) is 1. The molecule has 5 rings (SSSR count). The molecule has 3 aliphatic heterocycles. The third-order valence-corrected chi connectivity index (χ3v) is 6.83. The highest BCUT2D eigenvalue weighted by Gasteiger charge is 2.51. The standard InChI is InChI=1S/C24H24F2N2O3/c25-19-8-7-16(12-20(19)26)18-13-28(14-24(18)10-3-6-21(29)27-24)23(30)22-17-5-2-1-4-15(17)9-11-31-22/h1-2,4-5,7-8,12,18,22H,3,6,9-11,13-14H2,(H,27,29)/t18-,22?,24+/m0/s1. The molecule has 0 aliphatic carbocycles. The average Bonchev–Trinajstić information content (AvgIpc) is 3.13. The number of fused-ring (bicyclic) bond motifs is 1. The van der Waals surface area contributed by atoms with Gasteiger partial charge in [-0.2, -0.15) is 0 Å². The Hall–Kier alpha value is -2.80. The van der Waals surface area contributed by atoms with E-state index < -0.39 is 23.3 Å². The van der Waals surface area contributed by atoms with Crippen molar-refractivity contribution in [3.8, 4) is 0 Å². The normalized spacial score (nSPS) is 27.8. The highest BCUT2D eigenvalue weighted by atomic mass is 19.2. The van der Waals surface area contributed by atoms with Gasteiger partial charge in [0, 0.05) is 25.4 Å². The van der Waals surface area contributed by atoms with Crippen LogP contribution in [0.5, 0.6) is 0 Å². The van der Waals surface area contributed by atoms with Gasteiger partial charge in [0.15, 0.2) is 17.7 Å². The number of nitrogens with one attached hydrogen (secondary N) is 1. The number of hydrogen-bond donors (Lipinski definition) is 1. The first-order valence-electron chi connectivity index (χ1n) is 10.7. The Balaban J connectivity index is 1.48. The lowest BCUT2D eigenvalue weighted by Gasteiger charge is -2.39. The molecule has 5 nitrogen and oxygen atoms in total. The molecule has 1 N–H and O–H groups in total. The maximum atomic E-state index is 14.0. The summed E-state index contributed by atoms with van der Waals surface area (Å²) in [7, 11) is 0. The van der Waals surface area contributed by atoms with Crippen molar-refractivity contribution in [2.24, 2.45) is 0 Å². The van der Waals surface area contributed by atoms with Crippen LogP contribution in [0.1, 0.15) is 48.0 Å². The maximum absolute atomic E-state index is 14.0. The molecule has 0 bridgehead atoms. The fourth-order valence-corrected chi connectivity index (χ4v) is 5.34. The second-order valence-electron chi connectivity index (χ2n) is 8.70. The monoisotopic (exact) mass is 426 g/mol. The van der Waals surface area contributed by atoms with Crippen LogP contribution < -0.4 is 5.32 Å². The molecule has 2 saturated heterocycles. The van der Waals surface area contributed by atoms with Gasteiger partial charge < -0.3 is 15.0 Å². The van der Waals surface area contributed by atoms with Crippen molar-refractivity contribution in [1.29, 1.82) is 0 Å². The maximum Gasteiger partial charge on any atom is 0.256 e. The van der Waals surface area contributed by atoms with E-state index in [0.29, 0.717) is 44.5 Å². The highest BCUT2D eigenvalue weighted by molar-refractivity contribution is 5.84. The summed E-state index contributed by atoms with van der Waals surface area (Å²) < 4.78 is 33.4. The molecule has 1 unspecified atom stereocenters. The Morgan fingerprint density at radius 3 is 2.77 bits per heavy atom. The molecule has 162 valence electrons. The van der Waals surface area contributed by atoms with E-state index in [1.54, 1.807) is 11.0 Å². The molecule has 2 amide bonds.